The number of fused-ring (bicyclic) bond motifs is 2. The molecule has 31 heavy (non-hydrogen) atoms. The van der Waals surface area contributed by atoms with Crippen LogP contribution in [-0.2, 0) is 18.2 Å². The molecular weight excluding hydrogens is 402 g/mol. The van der Waals surface area contributed by atoms with E-state index in [2.05, 4.69) is 0 Å². The van der Waals surface area contributed by atoms with Gasteiger partial charge in [0.15, 0.2) is 23.0 Å². The third kappa shape index (κ3) is 3.63. The molecule has 0 saturated carbocycles. The van der Waals surface area contributed by atoms with Crippen LogP contribution in [0.5, 0.6) is 23.0 Å². The second-order valence-corrected chi connectivity index (χ2v) is 7.16. The van der Waals surface area contributed by atoms with Gasteiger partial charge in [-0.15, -0.1) is 0 Å². The zero-order valence-electron chi connectivity index (χ0n) is 17.9. The Balaban J connectivity index is 1.78. The summed E-state index contributed by atoms with van der Waals surface area (Å²) in [6.45, 7) is 2.15. The van der Waals surface area contributed by atoms with E-state index >= 15 is 0 Å². The highest BCUT2D eigenvalue weighted by molar-refractivity contribution is 6.07. The maximum absolute atomic E-state index is 12.9. The van der Waals surface area contributed by atoms with Crippen molar-refractivity contribution in [3.8, 4) is 23.0 Å². The number of aliphatic hydroxyl groups excluding tert-OH is 1. The van der Waals surface area contributed by atoms with Gasteiger partial charge in [0.1, 0.15) is 0 Å². The van der Waals surface area contributed by atoms with E-state index in [-0.39, 0.29) is 19.8 Å². The summed E-state index contributed by atoms with van der Waals surface area (Å²) in [6.07, 6.45) is -0.684. The lowest BCUT2D eigenvalue weighted by Gasteiger charge is -2.16. The summed E-state index contributed by atoms with van der Waals surface area (Å²) in [5, 5.41) is 11.7. The summed E-state index contributed by atoms with van der Waals surface area (Å²) in [6, 6.07) is 8.87. The lowest BCUT2D eigenvalue weighted by atomic mass is 10.0. The van der Waals surface area contributed by atoms with E-state index in [1.165, 1.54) is 0 Å². The van der Waals surface area contributed by atoms with Gasteiger partial charge in [-0.3, -0.25) is 0 Å². The van der Waals surface area contributed by atoms with Gasteiger partial charge in [-0.05, 0) is 30.7 Å². The van der Waals surface area contributed by atoms with Crippen LogP contribution in [0, 0.1) is 0 Å². The first-order chi connectivity index (χ1) is 15.0. The van der Waals surface area contributed by atoms with Gasteiger partial charge < -0.3 is 33.4 Å². The zero-order chi connectivity index (χ0) is 22.1. The molecule has 1 N–H and O–H groups in total. The lowest BCUT2D eigenvalue weighted by molar-refractivity contribution is 0.0526. The monoisotopic (exact) mass is 427 g/mol. The highest BCUT2D eigenvalue weighted by atomic mass is 16.7. The Morgan fingerprint density at radius 1 is 1.13 bits per heavy atom. The Labute approximate surface area is 179 Å². The first-order valence-electron chi connectivity index (χ1n) is 9.96. The molecule has 164 valence electrons. The fraction of sp³-hybridized carbons (Fsp3) is 0.348. The molecule has 1 aliphatic heterocycles. The van der Waals surface area contributed by atoms with Gasteiger partial charge in [-0.25, -0.2) is 4.79 Å². The summed E-state index contributed by atoms with van der Waals surface area (Å²) >= 11 is 0. The number of carbonyl (C=O) groups excluding carboxylic acids is 1. The number of hydrogen-bond acceptors (Lipinski definition) is 7. The molecule has 0 amide bonds. The fourth-order valence-corrected chi connectivity index (χ4v) is 3.91. The smallest absolute Gasteiger partial charge is 0.340 e. The predicted molar refractivity (Wildman–Crippen MR) is 113 cm³/mol. The van der Waals surface area contributed by atoms with Crippen molar-refractivity contribution in [1.82, 2.24) is 4.57 Å². The van der Waals surface area contributed by atoms with Crippen LogP contribution in [0.25, 0.3) is 10.9 Å². The molecule has 0 saturated heterocycles. The van der Waals surface area contributed by atoms with Gasteiger partial charge in [-0.1, -0.05) is 6.07 Å². The topological polar surface area (TPSA) is 88.4 Å². The molecule has 0 bridgehead atoms. The molecule has 0 spiro atoms. The summed E-state index contributed by atoms with van der Waals surface area (Å²) in [7, 11) is 4.95. The Kier molecular flexibility index (Phi) is 5.65. The van der Waals surface area contributed by atoms with Crippen molar-refractivity contribution in [1.29, 1.82) is 0 Å². The largest absolute Gasteiger partial charge is 0.493 e. The van der Waals surface area contributed by atoms with Crippen molar-refractivity contribution in [3.63, 3.8) is 0 Å². The van der Waals surface area contributed by atoms with E-state index in [0.29, 0.717) is 45.2 Å². The van der Waals surface area contributed by atoms with E-state index in [1.807, 2.05) is 17.7 Å². The maximum Gasteiger partial charge on any atom is 0.340 e. The standard InChI is InChI=1S/C23H25NO7/c1-5-29-23(26)22-14-9-20-21(31-12-30-20)11-15(14)24(2)16(22)10-17(25)13-6-7-18(27-3)19(8-13)28-4/h6-9,11,17,25H,5,10,12H2,1-4H3. The van der Waals surface area contributed by atoms with E-state index < -0.39 is 12.1 Å². The number of aliphatic hydroxyl groups is 1. The quantitative estimate of drug-likeness (QED) is 0.578. The molecule has 1 atom stereocenters. The first kappa shape index (κ1) is 20.9. The molecule has 4 rings (SSSR count). The molecular formula is C23H25NO7. The van der Waals surface area contributed by atoms with Gasteiger partial charge in [0.25, 0.3) is 0 Å². The van der Waals surface area contributed by atoms with Crippen molar-refractivity contribution < 1.29 is 33.6 Å². The van der Waals surface area contributed by atoms with E-state index in [9.17, 15) is 9.90 Å². The Morgan fingerprint density at radius 2 is 1.84 bits per heavy atom. The minimum absolute atomic E-state index is 0.144. The first-order valence-corrected chi connectivity index (χ1v) is 9.96. The number of benzene rings is 2. The summed E-state index contributed by atoms with van der Waals surface area (Å²) in [5.74, 6) is 1.85. The molecule has 3 aromatic rings. The summed E-state index contributed by atoms with van der Waals surface area (Å²) in [4.78, 5) is 12.9. The second-order valence-electron chi connectivity index (χ2n) is 7.16. The third-order valence-corrected chi connectivity index (χ3v) is 5.47. The molecule has 8 nitrogen and oxygen atoms in total. The van der Waals surface area contributed by atoms with Gasteiger partial charge >= 0.3 is 5.97 Å². The molecule has 2 heterocycles. The van der Waals surface area contributed by atoms with Crippen molar-refractivity contribution in [2.24, 2.45) is 7.05 Å². The van der Waals surface area contributed by atoms with Crippen LogP contribution < -0.4 is 18.9 Å². The molecule has 2 aromatic carbocycles. The lowest BCUT2D eigenvalue weighted by Crippen LogP contribution is -2.12. The van der Waals surface area contributed by atoms with Crippen LogP contribution in [0.15, 0.2) is 30.3 Å². The fourth-order valence-electron chi connectivity index (χ4n) is 3.91. The van der Waals surface area contributed by atoms with Crippen LogP contribution in [0.3, 0.4) is 0 Å². The molecule has 1 aromatic heterocycles. The van der Waals surface area contributed by atoms with Crippen molar-refractivity contribution in [2.75, 3.05) is 27.6 Å². The number of ether oxygens (including phenoxy) is 5. The van der Waals surface area contributed by atoms with Gasteiger partial charge in [0.2, 0.25) is 6.79 Å². The number of carbonyl (C=O) groups is 1. The van der Waals surface area contributed by atoms with Crippen LogP contribution in [-0.4, -0.2) is 43.3 Å². The SMILES string of the molecule is CCOC(=O)c1c(CC(O)c2ccc(OC)c(OC)c2)n(C)c2cc3c(cc12)OCO3. The van der Waals surface area contributed by atoms with Gasteiger partial charge in [-0.2, -0.15) is 0 Å². The highest BCUT2D eigenvalue weighted by Gasteiger charge is 2.27. The maximum atomic E-state index is 12.9. The number of hydrogen-bond donors (Lipinski definition) is 1. The predicted octanol–water partition coefficient (Wildman–Crippen LogP) is 3.38. The van der Waals surface area contributed by atoms with Gasteiger partial charge in [0, 0.05) is 30.6 Å². The van der Waals surface area contributed by atoms with Crippen molar-refractivity contribution in [3.05, 3.63) is 47.2 Å². The van der Waals surface area contributed by atoms with Crippen LogP contribution in [0.2, 0.25) is 0 Å². The summed E-state index contributed by atoms with van der Waals surface area (Å²) < 4.78 is 28.8. The molecule has 1 aliphatic rings. The molecule has 1 unspecified atom stereocenters. The number of nitrogens with zero attached hydrogens (tertiary/aromatic N) is 1. The van der Waals surface area contributed by atoms with Crippen molar-refractivity contribution in [2.45, 2.75) is 19.4 Å². The van der Waals surface area contributed by atoms with E-state index in [0.717, 1.165) is 5.52 Å². The number of rotatable bonds is 7. The van der Waals surface area contributed by atoms with Crippen molar-refractivity contribution >= 4 is 16.9 Å². The zero-order valence-corrected chi connectivity index (χ0v) is 17.9. The van der Waals surface area contributed by atoms with Gasteiger partial charge in [0.05, 0.1) is 38.0 Å². The van der Waals surface area contributed by atoms with E-state index in [4.69, 9.17) is 23.7 Å². The average Bonchev–Trinajstić information content (AvgIpc) is 3.34. The normalized spacial score (nSPS) is 13.3. The highest BCUT2D eigenvalue weighted by Crippen LogP contribution is 2.40. The minimum atomic E-state index is -0.879. The third-order valence-electron chi connectivity index (χ3n) is 5.47. The van der Waals surface area contributed by atoms with Crippen LogP contribution in [0.1, 0.15) is 34.6 Å². The van der Waals surface area contributed by atoms with Crippen LogP contribution in [0.4, 0.5) is 0 Å². The summed E-state index contributed by atoms with van der Waals surface area (Å²) in [5.41, 5.74) is 2.50. The van der Waals surface area contributed by atoms with Crippen LogP contribution >= 0.6 is 0 Å². The average molecular weight is 427 g/mol. The Bertz CT molecular complexity index is 1130. The number of aryl methyl sites for hydroxylation is 1. The molecule has 8 heteroatoms. The number of aromatic nitrogens is 1. The van der Waals surface area contributed by atoms with E-state index in [1.54, 1.807) is 45.4 Å². The second kappa shape index (κ2) is 8.39. The Morgan fingerprint density at radius 3 is 2.52 bits per heavy atom. The minimum Gasteiger partial charge on any atom is -0.493 e. The molecule has 0 aliphatic carbocycles. The Hall–Kier alpha value is -3.39. The molecule has 0 fully saturated rings. The molecule has 0 radical (unpaired) electrons. The number of methoxy groups -OCH3 is 2. The number of esters is 1.